The number of likely N-dealkylation sites (N-methyl/N-ethyl adjacent to an activating group) is 1. The molecule has 0 bridgehead atoms. The molecule has 1 amide bonds. The van der Waals surface area contributed by atoms with Gasteiger partial charge < -0.3 is 10.2 Å². The maximum absolute atomic E-state index is 13.3. The molecule has 1 N–H and O–H groups in total. The Morgan fingerprint density at radius 2 is 1.83 bits per heavy atom. The summed E-state index contributed by atoms with van der Waals surface area (Å²) in [6.45, 7) is 6.76. The Balaban J connectivity index is 1.58. The number of nitrogens with zero attached hydrogens (tertiary/aromatic N) is 3. The number of aromatic nitrogens is 1. The Hall–Kier alpha value is -2.47. The van der Waals surface area contributed by atoms with Crippen molar-refractivity contribution in [1.82, 2.24) is 20.1 Å². The second-order valence-corrected chi connectivity index (χ2v) is 8.44. The maximum atomic E-state index is 13.3. The van der Waals surface area contributed by atoms with Crippen molar-refractivity contribution in [3.63, 3.8) is 0 Å². The molecule has 2 aromatic carbocycles. The first-order valence-corrected chi connectivity index (χ1v) is 10.7. The molecule has 1 saturated heterocycles. The van der Waals surface area contributed by atoms with Gasteiger partial charge in [0.1, 0.15) is 0 Å². The molecule has 6 heteroatoms. The summed E-state index contributed by atoms with van der Waals surface area (Å²) in [7, 11) is 2.15. The van der Waals surface area contributed by atoms with Gasteiger partial charge in [0.2, 0.25) is 0 Å². The SMILES string of the molecule is Cc1nc2ccc(Cl)cc2cc1C(=O)NC(CN1CCN(C)CC1)c1ccccc1. The normalized spacial score (nSPS) is 16.5. The third-order valence-electron chi connectivity index (χ3n) is 5.76. The van der Waals surface area contributed by atoms with Gasteiger partial charge in [-0.2, -0.15) is 0 Å². The zero-order valence-electron chi connectivity index (χ0n) is 17.4. The molecule has 5 nitrogen and oxygen atoms in total. The monoisotopic (exact) mass is 422 g/mol. The van der Waals surface area contributed by atoms with Crippen molar-refractivity contribution in [2.24, 2.45) is 0 Å². The molecule has 0 spiro atoms. The average molecular weight is 423 g/mol. The summed E-state index contributed by atoms with van der Waals surface area (Å²) in [6, 6.07) is 17.5. The highest BCUT2D eigenvalue weighted by atomic mass is 35.5. The Bertz CT molecular complexity index is 1030. The van der Waals surface area contributed by atoms with Crippen LogP contribution >= 0.6 is 11.6 Å². The molecule has 1 aliphatic rings. The van der Waals surface area contributed by atoms with E-state index in [9.17, 15) is 4.79 Å². The van der Waals surface area contributed by atoms with Crippen molar-refractivity contribution in [3.8, 4) is 0 Å². The fourth-order valence-electron chi connectivity index (χ4n) is 3.92. The highest BCUT2D eigenvalue weighted by Crippen LogP contribution is 2.22. The van der Waals surface area contributed by atoms with E-state index in [-0.39, 0.29) is 11.9 Å². The standard InChI is InChI=1S/C24H27ClN4O/c1-17-21(15-19-14-20(25)8-9-22(19)26-17)24(30)27-23(18-6-4-3-5-7-18)16-29-12-10-28(2)11-13-29/h3-9,14-15,23H,10-13,16H2,1-2H3,(H,27,30). The van der Waals surface area contributed by atoms with Crippen LogP contribution < -0.4 is 5.32 Å². The number of pyridine rings is 1. The second kappa shape index (κ2) is 9.13. The number of fused-ring (bicyclic) bond motifs is 1. The fourth-order valence-corrected chi connectivity index (χ4v) is 4.10. The molecule has 3 aromatic rings. The van der Waals surface area contributed by atoms with E-state index in [0.717, 1.165) is 49.2 Å². The molecule has 1 aliphatic heterocycles. The number of benzene rings is 2. The summed E-state index contributed by atoms with van der Waals surface area (Å²) < 4.78 is 0. The van der Waals surface area contributed by atoms with E-state index >= 15 is 0 Å². The number of rotatable bonds is 5. The molecule has 156 valence electrons. The quantitative estimate of drug-likeness (QED) is 0.677. The minimum atomic E-state index is -0.107. The van der Waals surface area contributed by atoms with Crippen LogP contribution in [0.4, 0.5) is 0 Å². The van der Waals surface area contributed by atoms with Crippen molar-refractivity contribution >= 4 is 28.4 Å². The van der Waals surface area contributed by atoms with Crippen molar-refractivity contribution in [3.05, 3.63) is 76.4 Å². The van der Waals surface area contributed by atoms with Crippen LogP contribution in [0.1, 0.15) is 27.7 Å². The molecule has 1 unspecified atom stereocenters. The summed E-state index contributed by atoms with van der Waals surface area (Å²) in [6.07, 6.45) is 0. The van der Waals surface area contributed by atoms with Crippen molar-refractivity contribution in [2.45, 2.75) is 13.0 Å². The third-order valence-corrected chi connectivity index (χ3v) is 5.99. The number of hydrogen-bond acceptors (Lipinski definition) is 4. The van der Waals surface area contributed by atoms with Gasteiger partial charge in [-0.3, -0.25) is 14.7 Å². The number of nitrogens with one attached hydrogen (secondary N) is 1. The Kier molecular flexibility index (Phi) is 6.32. The van der Waals surface area contributed by atoms with Gasteiger partial charge in [-0.15, -0.1) is 0 Å². The molecule has 4 rings (SSSR count). The lowest BCUT2D eigenvalue weighted by atomic mass is 10.0. The fraction of sp³-hybridized carbons (Fsp3) is 0.333. The van der Waals surface area contributed by atoms with Gasteiger partial charge in [-0.25, -0.2) is 0 Å². The molecule has 0 saturated carbocycles. The largest absolute Gasteiger partial charge is 0.344 e. The Morgan fingerprint density at radius 1 is 1.10 bits per heavy atom. The minimum absolute atomic E-state index is 0.0865. The van der Waals surface area contributed by atoms with Gasteiger partial charge in [-0.1, -0.05) is 41.9 Å². The number of aryl methyl sites for hydroxylation is 1. The van der Waals surface area contributed by atoms with Gasteiger partial charge in [0.15, 0.2) is 0 Å². The molecule has 0 aliphatic carbocycles. The highest BCUT2D eigenvalue weighted by molar-refractivity contribution is 6.31. The molecule has 1 atom stereocenters. The van der Waals surface area contributed by atoms with Gasteiger partial charge in [0.05, 0.1) is 22.8 Å². The van der Waals surface area contributed by atoms with E-state index in [1.54, 1.807) is 0 Å². The summed E-state index contributed by atoms with van der Waals surface area (Å²) >= 11 is 6.14. The molecule has 2 heterocycles. The molecule has 30 heavy (non-hydrogen) atoms. The van der Waals surface area contributed by atoms with E-state index in [2.05, 4.69) is 39.3 Å². The first-order valence-electron chi connectivity index (χ1n) is 10.3. The number of carbonyl (C=O) groups is 1. The van der Waals surface area contributed by atoms with Crippen LogP contribution in [-0.4, -0.2) is 60.5 Å². The van der Waals surface area contributed by atoms with Crippen LogP contribution in [-0.2, 0) is 0 Å². The van der Waals surface area contributed by atoms with Crippen LogP contribution in [0.25, 0.3) is 10.9 Å². The molecular formula is C24H27ClN4O. The second-order valence-electron chi connectivity index (χ2n) is 8.00. The van der Waals surface area contributed by atoms with Crippen LogP contribution in [0.3, 0.4) is 0 Å². The van der Waals surface area contributed by atoms with E-state index in [1.165, 1.54) is 0 Å². The lowest BCUT2D eigenvalue weighted by molar-refractivity contribution is 0.0906. The van der Waals surface area contributed by atoms with Crippen molar-refractivity contribution < 1.29 is 4.79 Å². The van der Waals surface area contributed by atoms with E-state index in [1.807, 2.05) is 49.4 Å². The molecule has 1 fully saturated rings. The van der Waals surface area contributed by atoms with Gasteiger partial charge >= 0.3 is 0 Å². The zero-order chi connectivity index (χ0) is 21.1. The van der Waals surface area contributed by atoms with Gasteiger partial charge in [0.25, 0.3) is 5.91 Å². The number of halogens is 1. The number of carbonyl (C=O) groups excluding carboxylic acids is 1. The summed E-state index contributed by atoms with van der Waals surface area (Å²) in [5.74, 6) is -0.107. The number of piperazine rings is 1. The number of hydrogen-bond donors (Lipinski definition) is 1. The van der Waals surface area contributed by atoms with Crippen LogP contribution in [0.5, 0.6) is 0 Å². The van der Waals surface area contributed by atoms with E-state index < -0.39 is 0 Å². The van der Waals surface area contributed by atoms with Crippen molar-refractivity contribution in [2.75, 3.05) is 39.8 Å². The van der Waals surface area contributed by atoms with Gasteiger partial charge in [-0.05, 0) is 43.8 Å². The Morgan fingerprint density at radius 3 is 2.57 bits per heavy atom. The van der Waals surface area contributed by atoms with E-state index in [4.69, 9.17) is 11.6 Å². The average Bonchev–Trinajstić information content (AvgIpc) is 2.75. The number of amides is 1. The predicted octanol–water partition coefficient (Wildman–Crippen LogP) is 3.92. The molecule has 0 radical (unpaired) electrons. The smallest absolute Gasteiger partial charge is 0.253 e. The highest BCUT2D eigenvalue weighted by Gasteiger charge is 2.22. The van der Waals surface area contributed by atoms with Crippen LogP contribution in [0.2, 0.25) is 5.02 Å². The zero-order valence-corrected chi connectivity index (χ0v) is 18.2. The summed E-state index contributed by atoms with van der Waals surface area (Å²) in [5.41, 5.74) is 3.25. The molecular weight excluding hydrogens is 396 g/mol. The van der Waals surface area contributed by atoms with Crippen LogP contribution in [0, 0.1) is 6.92 Å². The predicted molar refractivity (Wildman–Crippen MR) is 122 cm³/mol. The maximum Gasteiger partial charge on any atom is 0.253 e. The van der Waals surface area contributed by atoms with E-state index in [0.29, 0.717) is 16.3 Å². The lowest BCUT2D eigenvalue weighted by Crippen LogP contribution is -2.47. The Labute approximate surface area is 182 Å². The summed E-state index contributed by atoms with van der Waals surface area (Å²) in [4.78, 5) is 22.6. The van der Waals surface area contributed by atoms with Gasteiger partial charge in [0, 0.05) is 43.1 Å². The summed E-state index contributed by atoms with van der Waals surface area (Å²) in [5, 5.41) is 4.77. The third kappa shape index (κ3) is 4.81. The topological polar surface area (TPSA) is 48.5 Å². The lowest BCUT2D eigenvalue weighted by Gasteiger charge is -2.35. The van der Waals surface area contributed by atoms with Crippen molar-refractivity contribution in [1.29, 1.82) is 0 Å². The first-order chi connectivity index (χ1) is 14.5. The molecule has 1 aromatic heterocycles. The first kappa shape index (κ1) is 20.8. The van der Waals surface area contributed by atoms with Crippen LogP contribution in [0.15, 0.2) is 54.6 Å². The minimum Gasteiger partial charge on any atom is -0.344 e.